The highest BCUT2D eigenvalue weighted by molar-refractivity contribution is 5.77. The van der Waals surface area contributed by atoms with Gasteiger partial charge in [0, 0.05) is 31.6 Å². The number of nitrogens with zero attached hydrogens (tertiary/aromatic N) is 1. The molecule has 2 rings (SSSR count). The van der Waals surface area contributed by atoms with Crippen LogP contribution in [0.25, 0.3) is 0 Å². The fourth-order valence-electron chi connectivity index (χ4n) is 2.40. The second kappa shape index (κ2) is 6.33. The molecule has 0 aromatic heterocycles. The number of aliphatic hydroxyl groups is 1. The first kappa shape index (κ1) is 12.8. The van der Waals surface area contributed by atoms with Crippen molar-refractivity contribution in [2.75, 3.05) is 32.9 Å². The molecule has 1 saturated heterocycles. The van der Waals surface area contributed by atoms with Gasteiger partial charge in [-0.1, -0.05) is 0 Å². The summed E-state index contributed by atoms with van der Waals surface area (Å²) in [6, 6.07) is 0.497. The summed E-state index contributed by atoms with van der Waals surface area (Å²) < 4.78 is 5.34. The van der Waals surface area contributed by atoms with Gasteiger partial charge in [-0.25, -0.2) is 0 Å². The molecular formula is C12H22N2O3. The SMILES string of the molecule is O=C(CC1COCCN1)N(CCO)C1CCC1. The van der Waals surface area contributed by atoms with Crippen molar-refractivity contribution in [3.63, 3.8) is 0 Å². The number of rotatable bonds is 5. The third-order valence-corrected chi connectivity index (χ3v) is 3.60. The normalized spacial score (nSPS) is 25.4. The second-order valence-electron chi connectivity index (χ2n) is 4.83. The van der Waals surface area contributed by atoms with E-state index in [0.29, 0.717) is 25.6 Å². The maximum Gasteiger partial charge on any atom is 0.224 e. The quantitative estimate of drug-likeness (QED) is 0.697. The minimum atomic E-state index is 0.0524. The fraction of sp³-hybridized carbons (Fsp3) is 0.917. The average Bonchev–Trinajstić information content (AvgIpc) is 2.27. The Morgan fingerprint density at radius 1 is 1.47 bits per heavy atom. The monoisotopic (exact) mass is 242 g/mol. The number of hydrogen-bond donors (Lipinski definition) is 2. The summed E-state index contributed by atoms with van der Waals surface area (Å²) in [5.41, 5.74) is 0. The summed E-state index contributed by atoms with van der Waals surface area (Å²) in [4.78, 5) is 14.0. The smallest absolute Gasteiger partial charge is 0.224 e. The predicted octanol–water partition coefficient (Wildman–Crippen LogP) is -0.262. The first-order valence-electron chi connectivity index (χ1n) is 6.52. The molecule has 98 valence electrons. The summed E-state index contributed by atoms with van der Waals surface area (Å²) >= 11 is 0. The van der Waals surface area contributed by atoms with Crippen LogP contribution in [0.2, 0.25) is 0 Å². The lowest BCUT2D eigenvalue weighted by Crippen LogP contribution is -2.49. The number of morpholine rings is 1. The van der Waals surface area contributed by atoms with E-state index in [9.17, 15) is 4.79 Å². The van der Waals surface area contributed by atoms with Gasteiger partial charge in [0.2, 0.25) is 5.91 Å². The molecule has 1 amide bonds. The van der Waals surface area contributed by atoms with E-state index >= 15 is 0 Å². The summed E-state index contributed by atoms with van der Waals surface area (Å²) in [6.45, 7) is 2.69. The number of carbonyl (C=O) groups excluding carboxylic acids is 1. The van der Waals surface area contributed by atoms with E-state index in [1.807, 2.05) is 4.90 Å². The molecule has 1 unspecified atom stereocenters. The van der Waals surface area contributed by atoms with Crippen molar-refractivity contribution in [2.45, 2.75) is 37.8 Å². The molecule has 1 aliphatic heterocycles. The number of hydrogen-bond acceptors (Lipinski definition) is 4. The molecule has 0 spiro atoms. The van der Waals surface area contributed by atoms with Crippen LogP contribution in [0.4, 0.5) is 0 Å². The maximum atomic E-state index is 12.2. The van der Waals surface area contributed by atoms with Crippen LogP contribution in [0.15, 0.2) is 0 Å². The topological polar surface area (TPSA) is 61.8 Å². The fourth-order valence-corrected chi connectivity index (χ4v) is 2.40. The minimum absolute atomic E-state index is 0.0524. The first-order valence-corrected chi connectivity index (χ1v) is 6.52. The molecule has 1 heterocycles. The Balaban J connectivity index is 1.81. The molecule has 2 N–H and O–H groups in total. The minimum Gasteiger partial charge on any atom is -0.395 e. The molecular weight excluding hydrogens is 220 g/mol. The first-order chi connectivity index (χ1) is 8.31. The molecule has 2 aliphatic rings. The van der Waals surface area contributed by atoms with Crippen LogP contribution in [-0.2, 0) is 9.53 Å². The maximum absolute atomic E-state index is 12.2. The summed E-state index contributed by atoms with van der Waals surface area (Å²) in [7, 11) is 0. The Morgan fingerprint density at radius 3 is 2.82 bits per heavy atom. The van der Waals surface area contributed by atoms with Gasteiger partial charge in [0.1, 0.15) is 0 Å². The molecule has 0 radical (unpaired) electrons. The summed E-state index contributed by atoms with van der Waals surface area (Å²) in [6.07, 6.45) is 3.85. The highest BCUT2D eigenvalue weighted by Crippen LogP contribution is 2.25. The van der Waals surface area contributed by atoms with Gasteiger partial charge in [-0.2, -0.15) is 0 Å². The zero-order chi connectivity index (χ0) is 12.1. The van der Waals surface area contributed by atoms with Crippen molar-refractivity contribution in [3.8, 4) is 0 Å². The Morgan fingerprint density at radius 2 is 2.29 bits per heavy atom. The van der Waals surface area contributed by atoms with E-state index in [4.69, 9.17) is 9.84 Å². The third-order valence-electron chi connectivity index (χ3n) is 3.60. The number of carbonyl (C=O) groups is 1. The van der Waals surface area contributed by atoms with E-state index in [1.165, 1.54) is 6.42 Å². The summed E-state index contributed by atoms with van der Waals surface area (Å²) in [5.74, 6) is 0.145. The Hall–Kier alpha value is -0.650. The molecule has 17 heavy (non-hydrogen) atoms. The van der Waals surface area contributed by atoms with Crippen molar-refractivity contribution in [1.29, 1.82) is 0 Å². The van der Waals surface area contributed by atoms with Crippen LogP contribution >= 0.6 is 0 Å². The van der Waals surface area contributed by atoms with Crippen molar-refractivity contribution < 1.29 is 14.6 Å². The Labute approximate surface area is 102 Å². The van der Waals surface area contributed by atoms with Crippen LogP contribution in [-0.4, -0.2) is 60.9 Å². The zero-order valence-electron chi connectivity index (χ0n) is 10.2. The molecule has 2 fully saturated rings. The van der Waals surface area contributed by atoms with Crippen molar-refractivity contribution >= 4 is 5.91 Å². The molecule has 5 heteroatoms. The van der Waals surface area contributed by atoms with Crippen LogP contribution < -0.4 is 5.32 Å². The lowest BCUT2D eigenvalue weighted by Gasteiger charge is -2.38. The van der Waals surface area contributed by atoms with Gasteiger partial charge < -0.3 is 20.1 Å². The van der Waals surface area contributed by atoms with Gasteiger partial charge in [-0.05, 0) is 19.3 Å². The lowest BCUT2D eigenvalue weighted by molar-refractivity contribution is -0.137. The lowest BCUT2D eigenvalue weighted by atomic mass is 9.91. The Bertz CT molecular complexity index is 250. The van der Waals surface area contributed by atoms with Gasteiger partial charge in [0.05, 0.1) is 19.8 Å². The highest BCUT2D eigenvalue weighted by Gasteiger charge is 2.29. The van der Waals surface area contributed by atoms with Gasteiger partial charge in [-0.3, -0.25) is 4.79 Å². The largest absolute Gasteiger partial charge is 0.395 e. The van der Waals surface area contributed by atoms with Gasteiger partial charge in [0.25, 0.3) is 0 Å². The van der Waals surface area contributed by atoms with Gasteiger partial charge >= 0.3 is 0 Å². The van der Waals surface area contributed by atoms with E-state index < -0.39 is 0 Å². The van der Waals surface area contributed by atoms with Crippen LogP contribution in [0, 0.1) is 0 Å². The zero-order valence-corrected chi connectivity index (χ0v) is 10.2. The van der Waals surface area contributed by atoms with Crippen LogP contribution in [0.1, 0.15) is 25.7 Å². The van der Waals surface area contributed by atoms with E-state index in [1.54, 1.807) is 0 Å². The number of nitrogens with one attached hydrogen (secondary N) is 1. The Kier molecular flexibility index (Phi) is 4.76. The summed E-state index contributed by atoms with van der Waals surface area (Å²) in [5, 5.41) is 12.3. The van der Waals surface area contributed by atoms with Crippen LogP contribution in [0.3, 0.4) is 0 Å². The molecule has 0 aromatic carbocycles. The van der Waals surface area contributed by atoms with Gasteiger partial charge in [-0.15, -0.1) is 0 Å². The van der Waals surface area contributed by atoms with E-state index in [0.717, 1.165) is 26.0 Å². The third kappa shape index (κ3) is 3.40. The van der Waals surface area contributed by atoms with Crippen LogP contribution in [0.5, 0.6) is 0 Å². The molecule has 1 aliphatic carbocycles. The molecule has 0 aromatic rings. The van der Waals surface area contributed by atoms with Crippen molar-refractivity contribution in [1.82, 2.24) is 10.2 Å². The van der Waals surface area contributed by atoms with Crippen molar-refractivity contribution in [3.05, 3.63) is 0 Å². The average molecular weight is 242 g/mol. The number of aliphatic hydroxyl groups excluding tert-OH is 1. The highest BCUT2D eigenvalue weighted by atomic mass is 16.5. The number of amides is 1. The molecule has 1 atom stereocenters. The predicted molar refractivity (Wildman–Crippen MR) is 63.7 cm³/mol. The molecule has 0 bridgehead atoms. The molecule has 1 saturated carbocycles. The molecule has 5 nitrogen and oxygen atoms in total. The van der Waals surface area contributed by atoms with Crippen molar-refractivity contribution in [2.24, 2.45) is 0 Å². The second-order valence-corrected chi connectivity index (χ2v) is 4.83. The van der Waals surface area contributed by atoms with Gasteiger partial charge in [0.15, 0.2) is 0 Å². The van der Waals surface area contributed by atoms with E-state index in [-0.39, 0.29) is 18.6 Å². The van der Waals surface area contributed by atoms with E-state index in [2.05, 4.69) is 5.32 Å². The number of ether oxygens (including phenoxy) is 1. The standard InChI is InChI=1S/C12H22N2O3/c15-6-5-14(11-2-1-3-11)12(16)8-10-9-17-7-4-13-10/h10-11,13,15H,1-9H2.